The smallest absolute Gasteiger partial charge is 0.191 e. The average Bonchev–Trinajstić information content (AvgIpc) is 3.17. The van der Waals surface area contributed by atoms with Gasteiger partial charge in [-0.2, -0.15) is 0 Å². The number of hydrogen-bond donors (Lipinski definition) is 2. The molecular formula is C21H43N5O. The van der Waals surface area contributed by atoms with Gasteiger partial charge in [-0.05, 0) is 45.1 Å². The molecule has 0 spiro atoms. The monoisotopic (exact) mass is 381 g/mol. The molecule has 0 bridgehead atoms. The number of nitrogens with one attached hydrogen (secondary N) is 2. The quantitative estimate of drug-likeness (QED) is 0.345. The standard InChI is InChI=1S/C21H43N5O/c1-5-25-12-14-26(15-13-25)19(3)17-23-20(22-4)24-18-21(9-7-8-10-21)11-16-27-6-2/h19H,5-18H2,1-4H3,(H2,22,23,24). The first-order chi connectivity index (χ1) is 13.1. The average molecular weight is 382 g/mol. The second-order valence-electron chi connectivity index (χ2n) is 8.28. The predicted molar refractivity (Wildman–Crippen MR) is 115 cm³/mol. The van der Waals surface area contributed by atoms with Crippen LogP contribution in [0.5, 0.6) is 0 Å². The van der Waals surface area contributed by atoms with Crippen LogP contribution in [0.3, 0.4) is 0 Å². The van der Waals surface area contributed by atoms with Gasteiger partial charge in [-0.1, -0.05) is 19.8 Å². The number of rotatable bonds is 10. The Balaban J connectivity index is 1.73. The molecule has 1 aliphatic carbocycles. The van der Waals surface area contributed by atoms with Gasteiger partial charge in [-0.3, -0.25) is 9.89 Å². The molecule has 0 aromatic heterocycles. The second kappa shape index (κ2) is 11.9. The van der Waals surface area contributed by atoms with Crippen LogP contribution in [0.25, 0.3) is 0 Å². The third-order valence-corrected chi connectivity index (χ3v) is 6.54. The fourth-order valence-corrected chi connectivity index (χ4v) is 4.46. The van der Waals surface area contributed by atoms with Crippen molar-refractivity contribution in [3.63, 3.8) is 0 Å². The van der Waals surface area contributed by atoms with Crippen molar-refractivity contribution in [3.8, 4) is 0 Å². The Morgan fingerprint density at radius 2 is 1.81 bits per heavy atom. The molecule has 6 heteroatoms. The number of guanidine groups is 1. The first-order valence-electron chi connectivity index (χ1n) is 11.1. The summed E-state index contributed by atoms with van der Waals surface area (Å²) in [5.41, 5.74) is 0.384. The first-order valence-corrected chi connectivity index (χ1v) is 11.1. The highest BCUT2D eigenvalue weighted by molar-refractivity contribution is 5.79. The summed E-state index contributed by atoms with van der Waals surface area (Å²) in [4.78, 5) is 9.57. The Kier molecular flexibility index (Phi) is 9.87. The van der Waals surface area contributed by atoms with Crippen LogP contribution in [-0.2, 0) is 4.74 Å². The highest BCUT2D eigenvalue weighted by Gasteiger charge is 2.33. The maximum absolute atomic E-state index is 5.63. The van der Waals surface area contributed by atoms with Gasteiger partial charge in [0.15, 0.2) is 5.96 Å². The van der Waals surface area contributed by atoms with E-state index < -0.39 is 0 Å². The normalized spacial score (nSPS) is 22.7. The van der Waals surface area contributed by atoms with Gasteiger partial charge < -0.3 is 20.3 Å². The third kappa shape index (κ3) is 7.24. The molecule has 2 aliphatic rings. The maximum Gasteiger partial charge on any atom is 0.191 e. The molecular weight excluding hydrogens is 338 g/mol. The molecule has 27 heavy (non-hydrogen) atoms. The summed E-state index contributed by atoms with van der Waals surface area (Å²) in [6.45, 7) is 16.2. The summed E-state index contributed by atoms with van der Waals surface area (Å²) in [7, 11) is 1.88. The molecule has 1 atom stereocenters. The zero-order valence-corrected chi connectivity index (χ0v) is 18.2. The largest absolute Gasteiger partial charge is 0.382 e. The topological polar surface area (TPSA) is 52.1 Å². The molecule has 2 fully saturated rings. The summed E-state index contributed by atoms with van der Waals surface area (Å²) in [6, 6.07) is 0.529. The van der Waals surface area contributed by atoms with Gasteiger partial charge in [0.1, 0.15) is 0 Å². The van der Waals surface area contributed by atoms with E-state index in [1.807, 2.05) is 7.05 Å². The molecule has 1 heterocycles. The predicted octanol–water partition coefficient (Wildman–Crippen LogP) is 2.16. The van der Waals surface area contributed by atoms with Crippen molar-refractivity contribution in [1.82, 2.24) is 20.4 Å². The van der Waals surface area contributed by atoms with E-state index in [-0.39, 0.29) is 0 Å². The summed E-state index contributed by atoms with van der Waals surface area (Å²) >= 11 is 0. The van der Waals surface area contributed by atoms with Gasteiger partial charge in [0.05, 0.1) is 0 Å². The maximum atomic E-state index is 5.63. The minimum atomic E-state index is 0.384. The lowest BCUT2D eigenvalue weighted by atomic mass is 9.83. The molecule has 158 valence electrons. The van der Waals surface area contributed by atoms with E-state index in [0.29, 0.717) is 11.5 Å². The fraction of sp³-hybridized carbons (Fsp3) is 0.952. The Hall–Kier alpha value is -0.850. The van der Waals surface area contributed by atoms with Crippen LogP contribution >= 0.6 is 0 Å². The molecule has 1 saturated carbocycles. The number of likely N-dealkylation sites (N-methyl/N-ethyl adjacent to an activating group) is 1. The van der Waals surface area contributed by atoms with E-state index in [2.05, 4.69) is 46.2 Å². The SMILES string of the molecule is CCOCCC1(CNC(=NC)NCC(C)N2CCN(CC)CC2)CCCC1. The van der Waals surface area contributed by atoms with Gasteiger partial charge in [0.25, 0.3) is 0 Å². The fourth-order valence-electron chi connectivity index (χ4n) is 4.46. The summed E-state index contributed by atoms with van der Waals surface area (Å²) < 4.78 is 5.63. The van der Waals surface area contributed by atoms with Crippen LogP contribution in [0, 0.1) is 5.41 Å². The van der Waals surface area contributed by atoms with Gasteiger partial charge in [0.2, 0.25) is 0 Å². The number of ether oxygens (including phenoxy) is 1. The van der Waals surface area contributed by atoms with Crippen molar-refractivity contribution < 1.29 is 4.74 Å². The van der Waals surface area contributed by atoms with Crippen molar-refractivity contribution in [2.45, 2.75) is 58.9 Å². The van der Waals surface area contributed by atoms with Crippen LogP contribution < -0.4 is 10.6 Å². The number of nitrogens with zero attached hydrogens (tertiary/aromatic N) is 3. The van der Waals surface area contributed by atoms with E-state index >= 15 is 0 Å². The van der Waals surface area contributed by atoms with Crippen molar-refractivity contribution in [2.75, 3.05) is 66.1 Å². The second-order valence-corrected chi connectivity index (χ2v) is 8.28. The molecule has 0 amide bonds. The lowest BCUT2D eigenvalue weighted by Crippen LogP contribution is -2.53. The zero-order valence-electron chi connectivity index (χ0n) is 18.2. The van der Waals surface area contributed by atoms with E-state index in [1.54, 1.807) is 0 Å². The van der Waals surface area contributed by atoms with Crippen LogP contribution in [0.15, 0.2) is 4.99 Å². The molecule has 0 radical (unpaired) electrons. The van der Waals surface area contributed by atoms with Crippen LogP contribution in [0.4, 0.5) is 0 Å². The lowest BCUT2D eigenvalue weighted by Gasteiger charge is -2.38. The Labute approximate surface area is 167 Å². The third-order valence-electron chi connectivity index (χ3n) is 6.54. The minimum Gasteiger partial charge on any atom is -0.382 e. The minimum absolute atomic E-state index is 0.384. The van der Waals surface area contributed by atoms with Gasteiger partial charge in [0, 0.05) is 65.6 Å². The van der Waals surface area contributed by atoms with Crippen LogP contribution in [0.1, 0.15) is 52.9 Å². The molecule has 2 rings (SSSR count). The highest BCUT2D eigenvalue weighted by Crippen LogP contribution is 2.40. The highest BCUT2D eigenvalue weighted by atomic mass is 16.5. The Morgan fingerprint density at radius 3 is 2.41 bits per heavy atom. The molecule has 1 unspecified atom stereocenters. The Bertz CT molecular complexity index is 428. The molecule has 6 nitrogen and oxygen atoms in total. The number of piperazine rings is 1. The van der Waals surface area contributed by atoms with Crippen LogP contribution in [-0.4, -0.2) is 87.9 Å². The van der Waals surface area contributed by atoms with Crippen molar-refractivity contribution in [1.29, 1.82) is 0 Å². The summed E-state index contributed by atoms with van der Waals surface area (Å²) in [5.74, 6) is 0.941. The molecule has 1 saturated heterocycles. The van der Waals surface area contributed by atoms with Gasteiger partial charge in [-0.15, -0.1) is 0 Å². The molecule has 0 aromatic carbocycles. The van der Waals surface area contributed by atoms with Crippen molar-refractivity contribution in [2.24, 2.45) is 10.4 Å². The molecule has 2 N–H and O–H groups in total. The van der Waals surface area contributed by atoms with Gasteiger partial charge in [-0.25, -0.2) is 0 Å². The number of hydrogen-bond acceptors (Lipinski definition) is 4. The molecule has 1 aliphatic heterocycles. The summed E-state index contributed by atoms with van der Waals surface area (Å²) in [6.07, 6.45) is 6.47. The number of aliphatic imine (C=N–C) groups is 1. The van der Waals surface area contributed by atoms with Crippen molar-refractivity contribution in [3.05, 3.63) is 0 Å². The van der Waals surface area contributed by atoms with E-state index in [0.717, 1.165) is 38.7 Å². The van der Waals surface area contributed by atoms with Gasteiger partial charge >= 0.3 is 0 Å². The van der Waals surface area contributed by atoms with Crippen LogP contribution in [0.2, 0.25) is 0 Å². The zero-order chi connectivity index (χ0) is 19.5. The van der Waals surface area contributed by atoms with E-state index in [9.17, 15) is 0 Å². The first kappa shape index (κ1) is 22.4. The summed E-state index contributed by atoms with van der Waals surface area (Å²) in [5, 5.41) is 7.16. The van der Waals surface area contributed by atoms with E-state index in [4.69, 9.17) is 4.74 Å². The van der Waals surface area contributed by atoms with Crippen molar-refractivity contribution >= 4 is 5.96 Å². The lowest BCUT2D eigenvalue weighted by molar-refractivity contribution is 0.104. The van der Waals surface area contributed by atoms with E-state index in [1.165, 1.54) is 58.4 Å². The molecule has 0 aromatic rings. The Morgan fingerprint density at radius 1 is 1.11 bits per heavy atom.